The summed E-state index contributed by atoms with van der Waals surface area (Å²) in [4.78, 5) is 11.2. The van der Waals surface area contributed by atoms with Gasteiger partial charge in [-0.2, -0.15) is 0 Å². The molecule has 0 aliphatic heterocycles. The lowest BCUT2D eigenvalue weighted by molar-refractivity contribution is -0.121. The van der Waals surface area contributed by atoms with E-state index in [1.165, 1.54) is 0 Å². The van der Waals surface area contributed by atoms with Crippen LogP contribution in [-0.4, -0.2) is 18.9 Å². The van der Waals surface area contributed by atoms with Gasteiger partial charge >= 0.3 is 0 Å². The molecule has 19 heavy (non-hydrogen) atoms. The van der Waals surface area contributed by atoms with Crippen LogP contribution in [0.25, 0.3) is 0 Å². The van der Waals surface area contributed by atoms with Gasteiger partial charge in [-0.15, -0.1) is 0 Å². The van der Waals surface area contributed by atoms with E-state index in [0.29, 0.717) is 0 Å². The Hall–Kier alpha value is -0.900. The van der Waals surface area contributed by atoms with Crippen LogP contribution in [0.2, 0.25) is 0 Å². The third-order valence-corrected chi connectivity index (χ3v) is 4.38. The first-order chi connectivity index (χ1) is 8.15. The topological polar surface area (TPSA) is 51.2 Å². The molecule has 0 bridgehead atoms. The summed E-state index contributed by atoms with van der Waals surface area (Å²) in [7, 11) is -3.07. The highest BCUT2D eigenvalue weighted by Crippen LogP contribution is 2.16. The number of carbonyl (C=O) groups excluding carboxylic acids is 1. The van der Waals surface area contributed by atoms with Gasteiger partial charge in [0.05, 0.1) is 4.75 Å². The summed E-state index contributed by atoms with van der Waals surface area (Å²) in [5, 5.41) is 0.993. The van der Waals surface area contributed by atoms with Gasteiger partial charge in [0.1, 0.15) is 0 Å². The molecule has 0 aromatic heterocycles. The summed E-state index contributed by atoms with van der Waals surface area (Å²) in [5.41, 5.74) is 0.844. The van der Waals surface area contributed by atoms with Crippen molar-refractivity contribution in [3.05, 3.63) is 23.6 Å². The van der Waals surface area contributed by atoms with Gasteiger partial charge in [-0.3, -0.25) is 4.79 Å². The monoisotopic (exact) mass is 288 g/mol. The molecular weight excluding hydrogens is 260 g/mol. The Bertz CT molecular complexity index is 437. The summed E-state index contributed by atoms with van der Waals surface area (Å²) >= 11 is 0. The Morgan fingerprint density at radius 3 is 1.42 bits per heavy atom. The largest absolute Gasteiger partial charge is 0.294 e. The van der Waals surface area contributed by atoms with Gasteiger partial charge < -0.3 is 0 Å². The number of ketones is 1. The zero-order valence-electron chi connectivity index (χ0n) is 13.5. The molecule has 0 fully saturated rings. The second-order valence-electron chi connectivity index (χ2n) is 6.66. The van der Waals surface area contributed by atoms with Crippen molar-refractivity contribution in [1.29, 1.82) is 0 Å². The fraction of sp³-hybridized carbons (Fsp3) is 0.667. The second kappa shape index (κ2) is 7.04. The maximum Gasteiger partial charge on any atom is 0.175 e. The third-order valence-electron chi connectivity index (χ3n) is 2.23. The van der Waals surface area contributed by atoms with Crippen LogP contribution in [0.15, 0.2) is 23.6 Å². The highest BCUT2D eigenvalue weighted by Gasteiger charge is 2.25. The minimum Gasteiger partial charge on any atom is -0.294 e. The lowest BCUT2D eigenvalue weighted by atomic mass is 9.90. The van der Waals surface area contributed by atoms with Gasteiger partial charge in [0, 0.05) is 10.8 Å². The first kappa shape index (κ1) is 20.4. The fourth-order valence-electron chi connectivity index (χ4n) is 0.729. The molecule has 0 unspecified atom stereocenters. The molecule has 0 atom stereocenters. The molecule has 0 aromatic carbocycles. The molecule has 0 aliphatic carbocycles. The standard InChI is InChI=1S/C9H16O.C6H12O2S/c1-7(2)6-8(10)9(3,4)5;1-5-9(7,8)6(2,3)4/h6H,1-5H3;5H,1H2,2-4H3. The van der Waals surface area contributed by atoms with Gasteiger partial charge in [-0.1, -0.05) is 32.9 Å². The zero-order valence-corrected chi connectivity index (χ0v) is 14.3. The molecule has 0 N–H and O–H groups in total. The molecular formula is C15H28O3S. The van der Waals surface area contributed by atoms with Gasteiger partial charge in [-0.25, -0.2) is 8.42 Å². The van der Waals surface area contributed by atoms with E-state index in [1.807, 2.05) is 34.6 Å². The van der Waals surface area contributed by atoms with Crippen molar-refractivity contribution in [3.63, 3.8) is 0 Å². The van der Waals surface area contributed by atoms with Crippen LogP contribution in [0.1, 0.15) is 55.4 Å². The van der Waals surface area contributed by atoms with Gasteiger partial charge in [0.2, 0.25) is 0 Å². The van der Waals surface area contributed by atoms with E-state index >= 15 is 0 Å². The molecule has 0 radical (unpaired) electrons. The average molecular weight is 288 g/mol. The molecule has 112 valence electrons. The van der Waals surface area contributed by atoms with Crippen LogP contribution < -0.4 is 0 Å². The molecule has 0 saturated heterocycles. The van der Waals surface area contributed by atoms with Crippen LogP contribution in [-0.2, 0) is 14.6 Å². The normalized spacial score (nSPS) is 12.0. The Kier molecular flexibility index (Phi) is 7.56. The Labute approximate surface area is 118 Å². The highest BCUT2D eigenvalue weighted by atomic mass is 32.2. The quantitative estimate of drug-likeness (QED) is 0.724. The van der Waals surface area contributed by atoms with E-state index in [1.54, 1.807) is 26.8 Å². The van der Waals surface area contributed by atoms with E-state index in [4.69, 9.17) is 0 Å². The lowest BCUT2D eigenvalue weighted by Crippen LogP contribution is -2.25. The molecule has 0 spiro atoms. The molecule has 0 saturated carbocycles. The first-order valence-corrected chi connectivity index (χ1v) is 7.76. The summed E-state index contributed by atoms with van der Waals surface area (Å²) in [5.74, 6) is 0.201. The Morgan fingerprint density at radius 1 is 1.00 bits per heavy atom. The van der Waals surface area contributed by atoms with Crippen LogP contribution in [0.5, 0.6) is 0 Å². The lowest BCUT2D eigenvalue weighted by Gasteiger charge is -2.14. The molecule has 0 heterocycles. The Morgan fingerprint density at radius 2 is 1.37 bits per heavy atom. The summed E-state index contributed by atoms with van der Waals surface area (Å²) < 4.78 is 21.1. The smallest absolute Gasteiger partial charge is 0.175 e. The van der Waals surface area contributed by atoms with Gasteiger partial charge in [-0.05, 0) is 40.7 Å². The maximum atomic E-state index is 11.2. The van der Waals surface area contributed by atoms with Crippen LogP contribution in [0, 0.1) is 5.41 Å². The average Bonchev–Trinajstić information content (AvgIpc) is 2.14. The third kappa shape index (κ3) is 8.76. The van der Waals surface area contributed by atoms with E-state index in [0.717, 1.165) is 11.0 Å². The molecule has 0 amide bonds. The first-order valence-electron chi connectivity index (χ1n) is 6.21. The minimum absolute atomic E-state index is 0.201. The zero-order chi connectivity index (χ0) is 16.1. The fourth-order valence-corrected chi connectivity index (χ4v) is 1.23. The molecule has 0 aromatic rings. The number of sulfone groups is 1. The number of carbonyl (C=O) groups is 1. The van der Waals surface area contributed by atoms with Gasteiger partial charge in [0.25, 0.3) is 0 Å². The van der Waals surface area contributed by atoms with E-state index < -0.39 is 14.6 Å². The van der Waals surface area contributed by atoms with E-state index in [2.05, 4.69) is 6.58 Å². The van der Waals surface area contributed by atoms with Crippen molar-refractivity contribution in [2.24, 2.45) is 5.41 Å². The second-order valence-corrected chi connectivity index (χ2v) is 9.31. The van der Waals surface area contributed by atoms with Crippen molar-refractivity contribution >= 4 is 15.6 Å². The molecule has 4 heteroatoms. The number of hydrogen-bond donors (Lipinski definition) is 0. The maximum absolute atomic E-state index is 11.2. The number of allylic oxidation sites excluding steroid dienone is 2. The summed E-state index contributed by atoms with van der Waals surface area (Å²) in [6.45, 7) is 17.8. The van der Waals surface area contributed by atoms with Crippen molar-refractivity contribution in [2.45, 2.75) is 60.1 Å². The van der Waals surface area contributed by atoms with E-state index in [9.17, 15) is 13.2 Å². The molecule has 0 rings (SSSR count). The SMILES string of the molecule is C=CS(=O)(=O)C(C)(C)C.CC(C)=CC(=O)C(C)(C)C. The summed E-state index contributed by atoms with van der Waals surface area (Å²) in [6.07, 6.45) is 1.69. The molecule has 0 aliphatic rings. The number of rotatable bonds is 2. The predicted octanol–water partition coefficient (Wildman–Crippen LogP) is 3.91. The van der Waals surface area contributed by atoms with Crippen molar-refractivity contribution in [2.75, 3.05) is 0 Å². The Balaban J connectivity index is 0. The van der Waals surface area contributed by atoms with Crippen molar-refractivity contribution < 1.29 is 13.2 Å². The van der Waals surface area contributed by atoms with Crippen molar-refractivity contribution in [3.8, 4) is 0 Å². The summed E-state index contributed by atoms with van der Waals surface area (Å²) in [6, 6.07) is 0. The van der Waals surface area contributed by atoms with E-state index in [-0.39, 0.29) is 11.2 Å². The minimum atomic E-state index is -3.07. The van der Waals surface area contributed by atoms with Gasteiger partial charge in [0.15, 0.2) is 15.6 Å². The molecule has 3 nitrogen and oxygen atoms in total. The van der Waals surface area contributed by atoms with Crippen LogP contribution in [0.4, 0.5) is 0 Å². The predicted molar refractivity (Wildman–Crippen MR) is 82.8 cm³/mol. The van der Waals surface area contributed by atoms with Crippen LogP contribution >= 0.6 is 0 Å². The number of hydrogen-bond acceptors (Lipinski definition) is 3. The van der Waals surface area contributed by atoms with Crippen LogP contribution in [0.3, 0.4) is 0 Å². The highest BCUT2D eigenvalue weighted by molar-refractivity contribution is 7.95. The van der Waals surface area contributed by atoms with Crippen molar-refractivity contribution in [1.82, 2.24) is 0 Å².